The number of phenols is 1. The normalized spacial score (nSPS) is 13.1. The molecule has 0 aliphatic heterocycles. The second-order valence-electron chi connectivity index (χ2n) is 5.24. The molecule has 0 bridgehead atoms. The molecule has 0 unspecified atom stereocenters. The van der Waals surface area contributed by atoms with Gasteiger partial charge in [0.25, 0.3) is 5.91 Å². The second kappa shape index (κ2) is 5.00. The Morgan fingerprint density at radius 1 is 1.15 bits per heavy atom. The molecular weight excluding hydrogens is 250 g/mol. The third-order valence-corrected chi connectivity index (χ3v) is 3.91. The maximum Gasteiger partial charge on any atom is 0.256 e. The lowest BCUT2D eigenvalue weighted by molar-refractivity contribution is 0.102. The Hall–Kier alpha value is -2.29. The Morgan fingerprint density at radius 3 is 2.80 bits per heavy atom. The number of rotatable bonds is 2. The maximum atomic E-state index is 12.3. The summed E-state index contributed by atoms with van der Waals surface area (Å²) in [5.74, 6) is -0.0389. The van der Waals surface area contributed by atoms with Crippen molar-refractivity contribution in [2.45, 2.75) is 26.2 Å². The number of nitrogens with one attached hydrogen (secondary N) is 1. The van der Waals surface area contributed by atoms with Gasteiger partial charge in [-0.05, 0) is 61.6 Å². The molecule has 3 rings (SSSR count). The molecule has 0 heterocycles. The summed E-state index contributed by atoms with van der Waals surface area (Å²) < 4.78 is 0. The van der Waals surface area contributed by atoms with E-state index in [1.165, 1.54) is 17.5 Å². The van der Waals surface area contributed by atoms with Crippen molar-refractivity contribution >= 4 is 11.6 Å². The van der Waals surface area contributed by atoms with Crippen LogP contribution in [0.15, 0.2) is 36.4 Å². The SMILES string of the molecule is Cc1c(O)cccc1C(=O)Nc1ccc2c(c1)CCC2. The molecular formula is C17H17NO2. The number of amides is 1. The molecule has 2 aromatic rings. The van der Waals surface area contributed by atoms with E-state index in [1.807, 2.05) is 6.07 Å². The predicted octanol–water partition coefficient (Wildman–Crippen LogP) is 3.44. The van der Waals surface area contributed by atoms with E-state index in [-0.39, 0.29) is 11.7 Å². The van der Waals surface area contributed by atoms with E-state index in [9.17, 15) is 9.90 Å². The molecule has 1 aliphatic rings. The minimum absolute atomic E-state index is 0.145. The highest BCUT2D eigenvalue weighted by Crippen LogP contribution is 2.26. The molecule has 2 N–H and O–H groups in total. The molecule has 0 aromatic heterocycles. The molecule has 0 radical (unpaired) electrons. The van der Waals surface area contributed by atoms with Crippen LogP contribution in [0.25, 0.3) is 0 Å². The van der Waals surface area contributed by atoms with E-state index >= 15 is 0 Å². The fraction of sp³-hybridized carbons (Fsp3) is 0.235. The first-order valence-corrected chi connectivity index (χ1v) is 6.87. The lowest BCUT2D eigenvalue weighted by Crippen LogP contribution is -2.13. The molecule has 2 aromatic carbocycles. The monoisotopic (exact) mass is 267 g/mol. The summed E-state index contributed by atoms with van der Waals surface area (Å²) in [4.78, 5) is 12.3. The number of phenolic OH excluding ortho intramolecular Hbond substituents is 1. The fourth-order valence-electron chi connectivity index (χ4n) is 2.72. The van der Waals surface area contributed by atoms with E-state index in [1.54, 1.807) is 25.1 Å². The first-order valence-electron chi connectivity index (χ1n) is 6.87. The van der Waals surface area contributed by atoms with Crippen LogP contribution in [0, 0.1) is 6.92 Å². The summed E-state index contributed by atoms with van der Waals surface area (Å²) in [7, 11) is 0. The standard InChI is InChI=1S/C17H17NO2/c1-11-15(6-3-7-16(11)19)17(20)18-14-9-8-12-4-2-5-13(12)10-14/h3,6-10,19H,2,4-5H2,1H3,(H,18,20). The summed E-state index contributed by atoms with van der Waals surface area (Å²) in [6.45, 7) is 1.74. The van der Waals surface area contributed by atoms with E-state index < -0.39 is 0 Å². The van der Waals surface area contributed by atoms with Crippen LogP contribution in [0.3, 0.4) is 0 Å². The van der Waals surface area contributed by atoms with E-state index in [2.05, 4.69) is 17.4 Å². The van der Waals surface area contributed by atoms with Crippen molar-refractivity contribution in [1.29, 1.82) is 0 Å². The Bertz CT molecular complexity index is 677. The quantitative estimate of drug-likeness (QED) is 0.875. The fourth-order valence-corrected chi connectivity index (χ4v) is 2.72. The maximum absolute atomic E-state index is 12.3. The van der Waals surface area contributed by atoms with Crippen LogP contribution in [0.2, 0.25) is 0 Å². The summed E-state index contributed by atoms with van der Waals surface area (Å²) in [6.07, 6.45) is 3.41. The van der Waals surface area contributed by atoms with Gasteiger partial charge in [0.05, 0.1) is 0 Å². The first kappa shape index (κ1) is 12.7. The van der Waals surface area contributed by atoms with Crippen molar-refractivity contribution in [2.24, 2.45) is 0 Å². The van der Waals surface area contributed by atoms with Gasteiger partial charge >= 0.3 is 0 Å². The van der Waals surface area contributed by atoms with Gasteiger partial charge < -0.3 is 10.4 Å². The van der Waals surface area contributed by atoms with Gasteiger partial charge in [0, 0.05) is 16.8 Å². The van der Waals surface area contributed by atoms with Gasteiger partial charge in [0.1, 0.15) is 5.75 Å². The van der Waals surface area contributed by atoms with Gasteiger partial charge in [0.2, 0.25) is 0 Å². The average Bonchev–Trinajstić information content (AvgIpc) is 2.89. The molecule has 0 fully saturated rings. The number of hydrogen-bond donors (Lipinski definition) is 2. The zero-order valence-corrected chi connectivity index (χ0v) is 11.4. The Balaban J connectivity index is 1.84. The van der Waals surface area contributed by atoms with Crippen LogP contribution in [0.1, 0.15) is 33.5 Å². The first-order chi connectivity index (χ1) is 9.65. The van der Waals surface area contributed by atoms with Crippen LogP contribution in [-0.4, -0.2) is 11.0 Å². The third kappa shape index (κ3) is 2.27. The summed E-state index contributed by atoms with van der Waals surface area (Å²) in [5, 5.41) is 12.6. The highest BCUT2D eigenvalue weighted by Gasteiger charge is 2.14. The molecule has 0 atom stereocenters. The number of benzene rings is 2. The predicted molar refractivity (Wildman–Crippen MR) is 79.3 cm³/mol. The highest BCUT2D eigenvalue weighted by molar-refractivity contribution is 6.05. The minimum Gasteiger partial charge on any atom is -0.508 e. The molecule has 0 saturated heterocycles. The molecule has 0 spiro atoms. The number of fused-ring (bicyclic) bond motifs is 1. The van der Waals surface area contributed by atoms with E-state index in [4.69, 9.17) is 0 Å². The largest absolute Gasteiger partial charge is 0.508 e. The minimum atomic E-state index is -0.184. The molecule has 1 amide bonds. The number of aromatic hydroxyl groups is 1. The van der Waals surface area contributed by atoms with Crippen molar-refractivity contribution < 1.29 is 9.90 Å². The van der Waals surface area contributed by atoms with Crippen LogP contribution < -0.4 is 5.32 Å². The van der Waals surface area contributed by atoms with Crippen molar-refractivity contribution in [2.75, 3.05) is 5.32 Å². The lowest BCUT2D eigenvalue weighted by atomic mass is 10.1. The average molecular weight is 267 g/mol. The van der Waals surface area contributed by atoms with Gasteiger partial charge in [-0.3, -0.25) is 4.79 Å². The summed E-state index contributed by atoms with van der Waals surface area (Å²) >= 11 is 0. The van der Waals surface area contributed by atoms with E-state index in [0.29, 0.717) is 11.1 Å². The Morgan fingerprint density at radius 2 is 1.95 bits per heavy atom. The lowest BCUT2D eigenvalue weighted by Gasteiger charge is -2.10. The van der Waals surface area contributed by atoms with Gasteiger partial charge in [-0.25, -0.2) is 0 Å². The van der Waals surface area contributed by atoms with E-state index in [0.717, 1.165) is 18.5 Å². The molecule has 20 heavy (non-hydrogen) atoms. The van der Waals surface area contributed by atoms with Crippen LogP contribution in [0.5, 0.6) is 5.75 Å². The molecule has 0 saturated carbocycles. The Kier molecular flexibility index (Phi) is 3.18. The molecule has 102 valence electrons. The Labute approximate surface area is 118 Å². The third-order valence-electron chi connectivity index (χ3n) is 3.91. The number of anilines is 1. The number of carbonyl (C=O) groups is 1. The van der Waals surface area contributed by atoms with Crippen molar-refractivity contribution in [3.63, 3.8) is 0 Å². The molecule has 1 aliphatic carbocycles. The van der Waals surface area contributed by atoms with Crippen molar-refractivity contribution in [3.05, 3.63) is 58.7 Å². The second-order valence-corrected chi connectivity index (χ2v) is 5.24. The molecule has 3 nitrogen and oxygen atoms in total. The van der Waals surface area contributed by atoms with Crippen LogP contribution in [0.4, 0.5) is 5.69 Å². The topological polar surface area (TPSA) is 49.3 Å². The summed E-state index contributed by atoms with van der Waals surface area (Å²) in [5.41, 5.74) is 4.64. The zero-order valence-electron chi connectivity index (χ0n) is 11.4. The zero-order chi connectivity index (χ0) is 14.1. The smallest absolute Gasteiger partial charge is 0.256 e. The van der Waals surface area contributed by atoms with Crippen molar-refractivity contribution in [1.82, 2.24) is 0 Å². The number of hydrogen-bond acceptors (Lipinski definition) is 2. The highest BCUT2D eigenvalue weighted by atomic mass is 16.3. The van der Waals surface area contributed by atoms with Gasteiger partial charge in [0.15, 0.2) is 0 Å². The summed E-state index contributed by atoms with van der Waals surface area (Å²) in [6, 6.07) is 11.1. The van der Waals surface area contributed by atoms with Gasteiger partial charge in [-0.15, -0.1) is 0 Å². The van der Waals surface area contributed by atoms with Crippen LogP contribution >= 0.6 is 0 Å². The van der Waals surface area contributed by atoms with Crippen LogP contribution in [-0.2, 0) is 12.8 Å². The van der Waals surface area contributed by atoms with Gasteiger partial charge in [-0.1, -0.05) is 12.1 Å². The number of carbonyl (C=O) groups excluding carboxylic acids is 1. The van der Waals surface area contributed by atoms with Gasteiger partial charge in [-0.2, -0.15) is 0 Å². The van der Waals surface area contributed by atoms with Crippen molar-refractivity contribution in [3.8, 4) is 5.75 Å². The number of aryl methyl sites for hydroxylation is 2. The molecule has 3 heteroatoms.